The van der Waals surface area contributed by atoms with Crippen molar-refractivity contribution in [2.75, 3.05) is 11.9 Å². The Labute approximate surface area is 160 Å². The number of carbonyl (C=O) groups is 3. The van der Waals surface area contributed by atoms with E-state index in [0.717, 1.165) is 0 Å². The number of carbonyl (C=O) groups excluding carboxylic acids is 3. The van der Waals surface area contributed by atoms with Crippen molar-refractivity contribution < 1.29 is 24.0 Å². The molecule has 0 aliphatic heterocycles. The van der Waals surface area contributed by atoms with Crippen molar-refractivity contribution in [2.45, 2.75) is 6.92 Å². The van der Waals surface area contributed by atoms with Gasteiger partial charge in [0.05, 0.1) is 4.92 Å². The predicted octanol–water partition coefficient (Wildman–Crippen LogP) is 2.25. The van der Waals surface area contributed by atoms with Gasteiger partial charge in [-0.05, 0) is 17.7 Å². The molecule has 0 saturated heterocycles. The number of benzene rings is 2. The monoisotopic (exact) mass is 383 g/mol. The highest BCUT2D eigenvalue weighted by Crippen LogP contribution is 2.16. The average molecular weight is 383 g/mol. The smallest absolute Gasteiger partial charge is 0.355 e. The van der Waals surface area contributed by atoms with Gasteiger partial charge < -0.3 is 15.4 Å². The Balaban J connectivity index is 2.00. The van der Waals surface area contributed by atoms with E-state index in [9.17, 15) is 24.5 Å². The van der Waals surface area contributed by atoms with Gasteiger partial charge in [-0.3, -0.25) is 19.7 Å². The first kappa shape index (κ1) is 20.3. The Morgan fingerprint density at radius 3 is 2.46 bits per heavy atom. The average Bonchev–Trinajstić information content (AvgIpc) is 2.66. The van der Waals surface area contributed by atoms with Gasteiger partial charge in [0.2, 0.25) is 5.91 Å². The van der Waals surface area contributed by atoms with Crippen LogP contribution in [0.2, 0.25) is 0 Å². The van der Waals surface area contributed by atoms with E-state index in [1.54, 1.807) is 30.3 Å². The number of nitrogens with one attached hydrogen (secondary N) is 2. The third-order valence-electron chi connectivity index (χ3n) is 3.32. The third-order valence-corrected chi connectivity index (χ3v) is 3.32. The Morgan fingerprint density at radius 2 is 1.82 bits per heavy atom. The first-order valence-electron chi connectivity index (χ1n) is 8.11. The zero-order chi connectivity index (χ0) is 20.5. The fourth-order valence-corrected chi connectivity index (χ4v) is 2.15. The van der Waals surface area contributed by atoms with Crippen LogP contribution in [0.3, 0.4) is 0 Å². The van der Waals surface area contributed by atoms with Gasteiger partial charge in [-0.25, -0.2) is 4.79 Å². The zero-order valence-electron chi connectivity index (χ0n) is 14.9. The van der Waals surface area contributed by atoms with Crippen molar-refractivity contribution in [3.63, 3.8) is 0 Å². The molecular weight excluding hydrogens is 366 g/mol. The molecule has 0 spiro atoms. The maximum atomic E-state index is 12.2. The highest BCUT2D eigenvalue weighted by atomic mass is 16.6. The molecule has 0 fully saturated rings. The second-order valence-corrected chi connectivity index (χ2v) is 5.58. The molecule has 2 amide bonds. The first-order chi connectivity index (χ1) is 13.3. The summed E-state index contributed by atoms with van der Waals surface area (Å²) in [5.74, 6) is -2.05. The molecule has 0 heterocycles. The Hall–Kier alpha value is -4.01. The number of hydrogen-bond acceptors (Lipinski definition) is 6. The topological polar surface area (TPSA) is 128 Å². The quantitative estimate of drug-likeness (QED) is 0.327. The largest absolute Gasteiger partial charge is 0.451 e. The van der Waals surface area contributed by atoms with Crippen LogP contribution < -0.4 is 10.6 Å². The molecular formula is C19H17N3O6. The van der Waals surface area contributed by atoms with Gasteiger partial charge in [-0.2, -0.15) is 0 Å². The van der Waals surface area contributed by atoms with Gasteiger partial charge in [0.1, 0.15) is 5.70 Å². The summed E-state index contributed by atoms with van der Waals surface area (Å²) in [4.78, 5) is 45.6. The maximum Gasteiger partial charge on any atom is 0.355 e. The highest BCUT2D eigenvalue weighted by Gasteiger charge is 2.15. The van der Waals surface area contributed by atoms with E-state index >= 15 is 0 Å². The van der Waals surface area contributed by atoms with Crippen LogP contribution in [-0.4, -0.2) is 29.3 Å². The second-order valence-electron chi connectivity index (χ2n) is 5.58. The summed E-state index contributed by atoms with van der Waals surface area (Å²) in [5, 5.41) is 15.5. The lowest BCUT2D eigenvalue weighted by atomic mass is 10.2. The van der Waals surface area contributed by atoms with Crippen LogP contribution >= 0.6 is 0 Å². The van der Waals surface area contributed by atoms with E-state index in [2.05, 4.69) is 10.6 Å². The molecule has 2 N–H and O–H groups in total. The van der Waals surface area contributed by atoms with Crippen molar-refractivity contribution >= 4 is 35.2 Å². The molecule has 0 aliphatic rings. The molecule has 0 radical (unpaired) electrons. The lowest BCUT2D eigenvalue weighted by Gasteiger charge is -2.09. The Kier molecular flexibility index (Phi) is 6.98. The van der Waals surface area contributed by atoms with Gasteiger partial charge in [-0.1, -0.05) is 36.4 Å². The SMILES string of the molecule is CC(=O)N/C(=C\c1ccccc1)C(=O)OCC(=O)Nc1cccc([N+](=O)[O-])c1. The molecule has 9 nitrogen and oxygen atoms in total. The fraction of sp³-hybridized carbons (Fsp3) is 0.105. The van der Waals surface area contributed by atoms with Crippen LogP contribution in [0.5, 0.6) is 0 Å². The number of hydrogen-bond donors (Lipinski definition) is 2. The molecule has 0 aromatic heterocycles. The second kappa shape index (κ2) is 9.62. The van der Waals surface area contributed by atoms with Gasteiger partial charge >= 0.3 is 5.97 Å². The normalized spacial score (nSPS) is 10.7. The minimum Gasteiger partial charge on any atom is -0.451 e. The molecule has 2 aromatic rings. The summed E-state index contributed by atoms with van der Waals surface area (Å²) < 4.78 is 4.92. The molecule has 0 unspecified atom stereocenters. The van der Waals surface area contributed by atoms with Gasteiger partial charge in [0.25, 0.3) is 11.6 Å². The number of nitrogens with zero attached hydrogens (tertiary/aromatic N) is 1. The number of nitro benzene ring substituents is 1. The minimum atomic E-state index is -0.895. The van der Waals surface area contributed by atoms with Crippen LogP contribution in [0.15, 0.2) is 60.3 Å². The number of non-ortho nitro benzene ring substituents is 1. The van der Waals surface area contributed by atoms with Crippen LogP contribution in [0.1, 0.15) is 12.5 Å². The number of anilines is 1. The number of ether oxygens (including phenoxy) is 1. The lowest BCUT2D eigenvalue weighted by molar-refractivity contribution is -0.384. The number of nitro groups is 1. The van der Waals surface area contributed by atoms with E-state index < -0.39 is 29.3 Å². The van der Waals surface area contributed by atoms with E-state index in [4.69, 9.17) is 4.74 Å². The summed E-state index contributed by atoms with van der Waals surface area (Å²) in [6.45, 7) is 0.606. The summed E-state index contributed by atoms with van der Waals surface area (Å²) in [6.07, 6.45) is 1.42. The standard InChI is InChI=1S/C19H17N3O6/c1-13(23)20-17(10-14-6-3-2-4-7-14)19(25)28-12-18(24)21-15-8-5-9-16(11-15)22(26)27/h2-11H,12H2,1H3,(H,20,23)(H,21,24)/b17-10-. The molecule has 2 rings (SSSR count). The molecule has 0 atom stereocenters. The van der Waals surface area contributed by atoms with Crippen LogP contribution in [-0.2, 0) is 19.1 Å². The number of amides is 2. The van der Waals surface area contributed by atoms with Crippen molar-refractivity contribution in [2.24, 2.45) is 0 Å². The van der Waals surface area contributed by atoms with Crippen molar-refractivity contribution in [3.8, 4) is 0 Å². The Bertz CT molecular complexity index is 924. The van der Waals surface area contributed by atoms with E-state index in [-0.39, 0.29) is 17.1 Å². The third kappa shape index (κ3) is 6.37. The zero-order valence-corrected chi connectivity index (χ0v) is 14.9. The maximum absolute atomic E-state index is 12.2. The predicted molar refractivity (Wildman–Crippen MR) is 101 cm³/mol. The lowest BCUT2D eigenvalue weighted by Crippen LogP contribution is -2.28. The van der Waals surface area contributed by atoms with Gasteiger partial charge in [0, 0.05) is 24.7 Å². The van der Waals surface area contributed by atoms with Crippen LogP contribution in [0.25, 0.3) is 6.08 Å². The summed E-state index contributed by atoms with van der Waals surface area (Å²) in [5.41, 5.74) is 0.539. The number of esters is 1. The van der Waals surface area contributed by atoms with E-state index in [0.29, 0.717) is 5.56 Å². The minimum absolute atomic E-state index is 0.123. The van der Waals surface area contributed by atoms with Gasteiger partial charge in [-0.15, -0.1) is 0 Å². The first-order valence-corrected chi connectivity index (χ1v) is 8.11. The molecule has 0 bridgehead atoms. The highest BCUT2D eigenvalue weighted by molar-refractivity contribution is 5.99. The molecule has 9 heteroatoms. The molecule has 0 aliphatic carbocycles. The van der Waals surface area contributed by atoms with Crippen molar-refractivity contribution in [1.82, 2.24) is 5.32 Å². The van der Waals surface area contributed by atoms with Crippen molar-refractivity contribution in [3.05, 3.63) is 76.0 Å². The molecule has 144 valence electrons. The molecule has 2 aromatic carbocycles. The van der Waals surface area contributed by atoms with Gasteiger partial charge in [0.15, 0.2) is 6.61 Å². The molecule has 0 saturated carbocycles. The van der Waals surface area contributed by atoms with Crippen LogP contribution in [0, 0.1) is 10.1 Å². The van der Waals surface area contributed by atoms with Crippen molar-refractivity contribution in [1.29, 1.82) is 0 Å². The fourth-order valence-electron chi connectivity index (χ4n) is 2.15. The number of rotatable bonds is 7. The summed E-state index contributed by atoms with van der Waals surface area (Å²) in [6, 6.07) is 14.1. The summed E-state index contributed by atoms with van der Waals surface area (Å²) >= 11 is 0. The van der Waals surface area contributed by atoms with E-state index in [1.807, 2.05) is 0 Å². The molecule has 28 heavy (non-hydrogen) atoms. The Morgan fingerprint density at radius 1 is 1.11 bits per heavy atom. The summed E-state index contributed by atoms with van der Waals surface area (Å²) in [7, 11) is 0. The van der Waals surface area contributed by atoms with Crippen LogP contribution in [0.4, 0.5) is 11.4 Å². The van der Waals surface area contributed by atoms with E-state index in [1.165, 1.54) is 37.3 Å².